The maximum Gasteiger partial charge on any atom is 0.161 e. The van der Waals surface area contributed by atoms with Crippen LogP contribution < -0.4 is 14.8 Å². The molecule has 0 aliphatic heterocycles. The molecular formula is C15H23NO2. The summed E-state index contributed by atoms with van der Waals surface area (Å²) in [6.45, 7) is 4.29. The molecule has 3 nitrogen and oxygen atoms in total. The molecule has 0 amide bonds. The van der Waals surface area contributed by atoms with Gasteiger partial charge in [0.05, 0.1) is 14.2 Å². The first-order valence-electron chi connectivity index (χ1n) is 6.41. The zero-order valence-corrected chi connectivity index (χ0v) is 11.5. The van der Waals surface area contributed by atoms with E-state index in [-0.39, 0.29) is 0 Å². The van der Waals surface area contributed by atoms with E-state index in [4.69, 9.17) is 9.47 Å². The van der Waals surface area contributed by atoms with Crippen LogP contribution in [0.1, 0.15) is 25.3 Å². The van der Waals surface area contributed by atoms with Crippen LogP contribution in [-0.2, 0) is 0 Å². The second kappa shape index (κ2) is 8.59. The summed E-state index contributed by atoms with van der Waals surface area (Å²) < 4.78 is 10.5. The second-order valence-corrected chi connectivity index (χ2v) is 4.06. The normalized spacial score (nSPS) is 10.8. The SMILES string of the molecule is CCCNCCC=Cc1ccc(OC)c(OC)c1. The van der Waals surface area contributed by atoms with Gasteiger partial charge in [-0.15, -0.1) is 0 Å². The fraction of sp³-hybridized carbons (Fsp3) is 0.467. The predicted molar refractivity (Wildman–Crippen MR) is 76.4 cm³/mol. The molecule has 0 radical (unpaired) electrons. The van der Waals surface area contributed by atoms with Crippen molar-refractivity contribution in [3.63, 3.8) is 0 Å². The molecule has 0 fully saturated rings. The highest BCUT2D eigenvalue weighted by Gasteiger charge is 2.02. The zero-order chi connectivity index (χ0) is 13.2. The van der Waals surface area contributed by atoms with Crippen molar-refractivity contribution in [3.8, 4) is 11.5 Å². The molecule has 1 aromatic rings. The molecular weight excluding hydrogens is 226 g/mol. The van der Waals surface area contributed by atoms with Gasteiger partial charge in [0.25, 0.3) is 0 Å². The molecule has 0 unspecified atom stereocenters. The molecule has 0 saturated heterocycles. The highest BCUT2D eigenvalue weighted by atomic mass is 16.5. The maximum absolute atomic E-state index is 5.27. The topological polar surface area (TPSA) is 30.5 Å². The van der Waals surface area contributed by atoms with E-state index in [1.54, 1.807) is 14.2 Å². The first-order valence-corrected chi connectivity index (χ1v) is 6.41. The first kappa shape index (κ1) is 14.6. The summed E-state index contributed by atoms with van der Waals surface area (Å²) in [7, 11) is 3.30. The molecule has 0 aliphatic carbocycles. The van der Waals surface area contributed by atoms with Crippen molar-refractivity contribution >= 4 is 6.08 Å². The fourth-order valence-electron chi connectivity index (χ4n) is 1.66. The third-order valence-electron chi connectivity index (χ3n) is 2.63. The van der Waals surface area contributed by atoms with Crippen molar-refractivity contribution in [1.29, 1.82) is 0 Å². The van der Waals surface area contributed by atoms with Crippen molar-refractivity contribution in [2.24, 2.45) is 0 Å². The third-order valence-corrected chi connectivity index (χ3v) is 2.63. The van der Waals surface area contributed by atoms with Crippen molar-refractivity contribution < 1.29 is 9.47 Å². The molecule has 1 N–H and O–H groups in total. The number of methoxy groups -OCH3 is 2. The smallest absolute Gasteiger partial charge is 0.161 e. The van der Waals surface area contributed by atoms with Crippen molar-refractivity contribution in [2.45, 2.75) is 19.8 Å². The van der Waals surface area contributed by atoms with Crippen molar-refractivity contribution in [3.05, 3.63) is 29.8 Å². The van der Waals surface area contributed by atoms with Crippen LogP contribution in [0.4, 0.5) is 0 Å². The molecule has 18 heavy (non-hydrogen) atoms. The van der Waals surface area contributed by atoms with Gasteiger partial charge in [0.2, 0.25) is 0 Å². The van der Waals surface area contributed by atoms with E-state index in [0.29, 0.717) is 0 Å². The van der Waals surface area contributed by atoms with Gasteiger partial charge in [0, 0.05) is 0 Å². The van der Waals surface area contributed by atoms with Gasteiger partial charge in [0.15, 0.2) is 11.5 Å². The molecule has 1 rings (SSSR count). The highest BCUT2D eigenvalue weighted by molar-refractivity contribution is 5.55. The summed E-state index contributed by atoms with van der Waals surface area (Å²) in [5, 5.41) is 3.37. The summed E-state index contributed by atoms with van der Waals surface area (Å²) in [6, 6.07) is 5.93. The lowest BCUT2D eigenvalue weighted by Crippen LogP contribution is -2.14. The van der Waals surface area contributed by atoms with Gasteiger partial charge < -0.3 is 14.8 Å². The second-order valence-electron chi connectivity index (χ2n) is 4.06. The zero-order valence-electron chi connectivity index (χ0n) is 11.5. The van der Waals surface area contributed by atoms with Gasteiger partial charge in [-0.25, -0.2) is 0 Å². The Balaban J connectivity index is 2.49. The average molecular weight is 249 g/mol. The summed E-state index contributed by atoms with van der Waals surface area (Å²) in [4.78, 5) is 0. The van der Waals surface area contributed by atoms with Crippen molar-refractivity contribution in [2.75, 3.05) is 27.3 Å². The minimum atomic E-state index is 0.763. The predicted octanol–water partition coefficient (Wildman–Crippen LogP) is 3.11. The number of hydrogen-bond acceptors (Lipinski definition) is 3. The Morgan fingerprint density at radius 3 is 2.56 bits per heavy atom. The lowest BCUT2D eigenvalue weighted by molar-refractivity contribution is 0.355. The quantitative estimate of drug-likeness (QED) is 0.718. The van der Waals surface area contributed by atoms with E-state index < -0.39 is 0 Å². The summed E-state index contributed by atoms with van der Waals surface area (Å²) in [5.74, 6) is 1.53. The van der Waals surface area contributed by atoms with Gasteiger partial charge in [-0.1, -0.05) is 25.1 Å². The minimum Gasteiger partial charge on any atom is -0.493 e. The van der Waals surface area contributed by atoms with Crippen LogP contribution in [0.3, 0.4) is 0 Å². The Bertz CT molecular complexity index is 375. The minimum absolute atomic E-state index is 0.763. The monoisotopic (exact) mass is 249 g/mol. The summed E-state index contributed by atoms with van der Waals surface area (Å²) >= 11 is 0. The number of ether oxygens (including phenoxy) is 2. The van der Waals surface area contributed by atoms with E-state index >= 15 is 0 Å². The van der Waals surface area contributed by atoms with Gasteiger partial charge in [-0.05, 0) is 43.6 Å². The van der Waals surface area contributed by atoms with Crippen LogP contribution in [-0.4, -0.2) is 27.3 Å². The van der Waals surface area contributed by atoms with E-state index in [0.717, 1.165) is 36.6 Å². The standard InChI is InChI=1S/C15H23NO2/c1-4-10-16-11-6-5-7-13-8-9-14(17-2)15(12-13)18-3/h5,7-9,12,16H,4,6,10-11H2,1-3H3. The molecule has 100 valence electrons. The van der Waals surface area contributed by atoms with Gasteiger partial charge >= 0.3 is 0 Å². The largest absolute Gasteiger partial charge is 0.493 e. The molecule has 0 aliphatic rings. The summed E-state index contributed by atoms with van der Waals surface area (Å²) in [6.07, 6.45) is 6.49. The molecule has 0 spiro atoms. The Morgan fingerprint density at radius 1 is 1.11 bits per heavy atom. The van der Waals surface area contributed by atoms with Gasteiger partial charge in [-0.3, -0.25) is 0 Å². The molecule has 0 aromatic heterocycles. The molecule has 1 aromatic carbocycles. The average Bonchev–Trinajstić information content (AvgIpc) is 2.42. The Morgan fingerprint density at radius 2 is 1.89 bits per heavy atom. The molecule has 0 bridgehead atoms. The molecule has 3 heteroatoms. The van der Waals surface area contributed by atoms with E-state index in [1.807, 2.05) is 18.2 Å². The Labute approximate surface area is 110 Å². The number of hydrogen-bond donors (Lipinski definition) is 1. The van der Waals surface area contributed by atoms with E-state index in [2.05, 4.69) is 24.4 Å². The first-order chi connectivity index (χ1) is 8.81. The number of benzene rings is 1. The van der Waals surface area contributed by atoms with Crippen LogP contribution in [0.2, 0.25) is 0 Å². The fourth-order valence-corrected chi connectivity index (χ4v) is 1.66. The molecule has 0 atom stereocenters. The van der Waals surface area contributed by atoms with Crippen molar-refractivity contribution in [1.82, 2.24) is 5.32 Å². The number of rotatable bonds is 8. The molecule has 0 heterocycles. The van der Waals surface area contributed by atoms with Crippen LogP contribution in [0.15, 0.2) is 24.3 Å². The lowest BCUT2D eigenvalue weighted by atomic mass is 10.1. The van der Waals surface area contributed by atoms with Gasteiger partial charge in [-0.2, -0.15) is 0 Å². The summed E-state index contributed by atoms with van der Waals surface area (Å²) in [5.41, 5.74) is 1.13. The van der Waals surface area contributed by atoms with Crippen LogP contribution in [0, 0.1) is 0 Å². The highest BCUT2D eigenvalue weighted by Crippen LogP contribution is 2.27. The Hall–Kier alpha value is -1.48. The molecule has 0 saturated carbocycles. The van der Waals surface area contributed by atoms with Gasteiger partial charge in [0.1, 0.15) is 0 Å². The van der Waals surface area contributed by atoms with Crippen LogP contribution in [0.25, 0.3) is 6.08 Å². The maximum atomic E-state index is 5.27. The Kier molecular flexibility index (Phi) is 6.96. The van der Waals surface area contributed by atoms with Crippen LogP contribution >= 0.6 is 0 Å². The van der Waals surface area contributed by atoms with Crippen LogP contribution in [0.5, 0.6) is 11.5 Å². The van der Waals surface area contributed by atoms with E-state index in [9.17, 15) is 0 Å². The third kappa shape index (κ3) is 4.80. The van der Waals surface area contributed by atoms with E-state index in [1.165, 1.54) is 6.42 Å². The lowest BCUT2D eigenvalue weighted by Gasteiger charge is -2.07. The number of nitrogens with one attached hydrogen (secondary N) is 1.